The quantitative estimate of drug-likeness (QED) is 0.403. The van der Waals surface area contributed by atoms with Gasteiger partial charge in [-0.3, -0.25) is 10.1 Å². The van der Waals surface area contributed by atoms with Crippen molar-refractivity contribution in [3.05, 3.63) is 68.1 Å². The van der Waals surface area contributed by atoms with E-state index in [0.29, 0.717) is 21.4 Å². The van der Waals surface area contributed by atoms with Crippen LogP contribution in [-0.4, -0.2) is 23.5 Å². The molecular weight excluding hydrogens is 487 g/mol. The number of carbonyl (C=O) groups is 2. The molecule has 0 aliphatic heterocycles. The summed E-state index contributed by atoms with van der Waals surface area (Å²) in [6, 6.07) is 14.3. The number of hydrogen-bond acceptors (Lipinski definition) is 5. The highest BCUT2D eigenvalue weighted by molar-refractivity contribution is 14.1. The van der Waals surface area contributed by atoms with Crippen molar-refractivity contribution < 1.29 is 14.3 Å². The minimum Gasteiger partial charge on any atom is -0.452 e. The van der Waals surface area contributed by atoms with E-state index < -0.39 is 11.9 Å². The Morgan fingerprint density at radius 2 is 1.88 bits per heavy atom. The minimum atomic E-state index is -0.541. The van der Waals surface area contributed by atoms with E-state index in [0.717, 1.165) is 9.13 Å². The predicted molar refractivity (Wildman–Crippen MR) is 111 cm³/mol. The molecule has 0 saturated heterocycles. The molecule has 0 unspecified atom stereocenters. The summed E-state index contributed by atoms with van der Waals surface area (Å²) in [7, 11) is 0. The smallest absolute Gasteiger partial charge is 0.339 e. The number of halogens is 2. The van der Waals surface area contributed by atoms with Crippen LogP contribution in [0, 0.1) is 3.57 Å². The molecule has 132 valence electrons. The first-order valence-electron chi connectivity index (χ1n) is 7.46. The van der Waals surface area contributed by atoms with Crippen LogP contribution in [0.3, 0.4) is 0 Å². The first-order chi connectivity index (χ1) is 12.5. The number of benzene rings is 2. The molecule has 1 amide bonds. The summed E-state index contributed by atoms with van der Waals surface area (Å²) in [6.45, 7) is -0.384. The normalized spacial score (nSPS) is 10.4. The second-order valence-corrected chi connectivity index (χ2v) is 7.55. The molecule has 1 N–H and O–H groups in total. The van der Waals surface area contributed by atoms with Gasteiger partial charge in [0.05, 0.1) is 11.3 Å². The highest BCUT2D eigenvalue weighted by Gasteiger charge is 2.14. The molecule has 0 saturated carbocycles. The zero-order valence-corrected chi connectivity index (χ0v) is 17.0. The lowest BCUT2D eigenvalue weighted by Crippen LogP contribution is -2.21. The van der Waals surface area contributed by atoms with E-state index in [-0.39, 0.29) is 6.61 Å². The monoisotopic (exact) mass is 498 g/mol. The number of rotatable bonds is 5. The Bertz CT molecular complexity index is 961. The Labute approximate surface area is 172 Å². The third-order valence-corrected chi connectivity index (χ3v) is 5.36. The van der Waals surface area contributed by atoms with Crippen molar-refractivity contribution in [1.29, 1.82) is 0 Å². The highest BCUT2D eigenvalue weighted by Crippen LogP contribution is 2.30. The van der Waals surface area contributed by atoms with Gasteiger partial charge in [-0.2, -0.15) is 0 Å². The van der Waals surface area contributed by atoms with Gasteiger partial charge in [0.15, 0.2) is 11.7 Å². The van der Waals surface area contributed by atoms with Crippen molar-refractivity contribution in [2.45, 2.75) is 0 Å². The van der Waals surface area contributed by atoms with Gasteiger partial charge in [-0.05, 0) is 40.8 Å². The molecule has 3 aromatic rings. The average Bonchev–Trinajstić information content (AvgIpc) is 3.08. The van der Waals surface area contributed by atoms with Crippen LogP contribution >= 0.6 is 45.5 Å². The van der Waals surface area contributed by atoms with Gasteiger partial charge in [0.1, 0.15) is 0 Å². The molecule has 0 aliphatic rings. The lowest BCUT2D eigenvalue weighted by atomic mass is 10.2. The third kappa shape index (κ3) is 4.60. The predicted octanol–water partition coefficient (Wildman–Crippen LogP) is 4.86. The molecule has 5 nitrogen and oxygen atoms in total. The lowest BCUT2D eigenvalue weighted by Gasteiger charge is -2.06. The van der Waals surface area contributed by atoms with Crippen LogP contribution in [0.15, 0.2) is 53.9 Å². The van der Waals surface area contributed by atoms with Crippen LogP contribution in [0.2, 0.25) is 5.02 Å². The molecule has 0 bridgehead atoms. The Kier molecular flexibility index (Phi) is 6.23. The van der Waals surface area contributed by atoms with Gasteiger partial charge in [0.25, 0.3) is 5.91 Å². The molecule has 1 heterocycles. The maximum atomic E-state index is 12.0. The SMILES string of the molecule is O=C(COC(=O)c1ccccc1I)Nc1nc(-c2ccccc2Cl)cs1. The van der Waals surface area contributed by atoms with Gasteiger partial charge in [0, 0.05) is 19.5 Å². The van der Waals surface area contributed by atoms with Crippen molar-refractivity contribution in [1.82, 2.24) is 4.98 Å². The number of amides is 1. The summed E-state index contributed by atoms with van der Waals surface area (Å²) < 4.78 is 5.82. The van der Waals surface area contributed by atoms with Crippen LogP contribution in [0.5, 0.6) is 0 Å². The summed E-state index contributed by atoms with van der Waals surface area (Å²) in [5.74, 6) is -0.995. The van der Waals surface area contributed by atoms with Crippen molar-refractivity contribution in [3.63, 3.8) is 0 Å². The second kappa shape index (κ2) is 8.61. The van der Waals surface area contributed by atoms with Crippen LogP contribution < -0.4 is 5.32 Å². The number of anilines is 1. The molecule has 2 aromatic carbocycles. The molecular formula is C18H12ClIN2O3S. The van der Waals surface area contributed by atoms with Crippen molar-refractivity contribution in [2.75, 3.05) is 11.9 Å². The van der Waals surface area contributed by atoms with Crippen LogP contribution in [-0.2, 0) is 9.53 Å². The summed E-state index contributed by atoms with van der Waals surface area (Å²) in [4.78, 5) is 28.4. The Morgan fingerprint density at radius 1 is 1.15 bits per heavy atom. The number of esters is 1. The first kappa shape index (κ1) is 18.8. The number of aromatic nitrogens is 1. The summed E-state index contributed by atoms with van der Waals surface area (Å²) >= 11 is 9.46. The number of thiazole rings is 1. The Hall–Kier alpha value is -1.97. The number of hydrogen-bond donors (Lipinski definition) is 1. The second-order valence-electron chi connectivity index (χ2n) is 5.12. The van der Waals surface area contributed by atoms with E-state index >= 15 is 0 Å². The zero-order chi connectivity index (χ0) is 18.5. The molecule has 0 spiro atoms. The number of carbonyl (C=O) groups excluding carboxylic acids is 2. The third-order valence-electron chi connectivity index (χ3n) is 3.33. The summed E-state index contributed by atoms with van der Waals surface area (Å²) in [6.07, 6.45) is 0. The standard InChI is InChI=1S/C18H12ClIN2O3S/c19-13-7-3-1-5-11(13)15-10-26-18(21-15)22-16(23)9-25-17(24)12-6-2-4-8-14(12)20/h1-8,10H,9H2,(H,21,22,23). The largest absolute Gasteiger partial charge is 0.452 e. The van der Waals surface area contributed by atoms with Crippen molar-refractivity contribution in [2.24, 2.45) is 0 Å². The maximum Gasteiger partial charge on any atom is 0.339 e. The fourth-order valence-electron chi connectivity index (χ4n) is 2.11. The molecule has 1 aromatic heterocycles. The van der Waals surface area contributed by atoms with Gasteiger partial charge in [-0.15, -0.1) is 11.3 Å². The number of nitrogens with one attached hydrogen (secondary N) is 1. The number of ether oxygens (including phenoxy) is 1. The Morgan fingerprint density at radius 3 is 2.65 bits per heavy atom. The molecule has 0 fully saturated rings. The van der Waals surface area contributed by atoms with Gasteiger partial charge >= 0.3 is 5.97 Å². The van der Waals surface area contributed by atoms with E-state index in [9.17, 15) is 9.59 Å². The molecule has 0 atom stereocenters. The zero-order valence-electron chi connectivity index (χ0n) is 13.2. The molecule has 0 radical (unpaired) electrons. The van der Waals surface area contributed by atoms with Crippen molar-refractivity contribution in [3.8, 4) is 11.3 Å². The van der Waals surface area contributed by atoms with E-state index in [1.165, 1.54) is 11.3 Å². The Balaban J connectivity index is 1.58. The van der Waals surface area contributed by atoms with Crippen molar-refractivity contribution >= 4 is 62.5 Å². The minimum absolute atomic E-state index is 0.384. The van der Waals surface area contributed by atoms with Gasteiger partial charge in [-0.1, -0.05) is 41.9 Å². The fraction of sp³-hybridized carbons (Fsp3) is 0.0556. The lowest BCUT2D eigenvalue weighted by molar-refractivity contribution is -0.119. The molecule has 8 heteroatoms. The molecule has 0 aliphatic carbocycles. The maximum absolute atomic E-state index is 12.0. The van der Waals surface area contributed by atoms with Gasteiger partial charge in [-0.25, -0.2) is 9.78 Å². The molecule has 3 rings (SSSR count). The number of nitrogens with zero attached hydrogens (tertiary/aromatic N) is 1. The van der Waals surface area contributed by atoms with Crippen LogP contribution in [0.25, 0.3) is 11.3 Å². The van der Waals surface area contributed by atoms with Crippen LogP contribution in [0.1, 0.15) is 10.4 Å². The highest BCUT2D eigenvalue weighted by atomic mass is 127. The first-order valence-corrected chi connectivity index (χ1v) is 9.80. The van der Waals surface area contributed by atoms with E-state index in [1.54, 1.807) is 29.6 Å². The van der Waals surface area contributed by atoms with Gasteiger partial charge < -0.3 is 4.74 Å². The van der Waals surface area contributed by atoms with E-state index in [4.69, 9.17) is 16.3 Å². The average molecular weight is 499 g/mol. The molecule has 26 heavy (non-hydrogen) atoms. The van der Waals surface area contributed by atoms with Gasteiger partial charge in [0.2, 0.25) is 0 Å². The summed E-state index contributed by atoms with van der Waals surface area (Å²) in [5.41, 5.74) is 1.89. The topological polar surface area (TPSA) is 68.3 Å². The fourth-order valence-corrected chi connectivity index (χ4v) is 3.68. The summed E-state index contributed by atoms with van der Waals surface area (Å²) in [5, 5.41) is 5.42. The van der Waals surface area contributed by atoms with E-state index in [2.05, 4.69) is 10.3 Å². The van der Waals surface area contributed by atoms with E-state index in [1.807, 2.05) is 46.9 Å². The van der Waals surface area contributed by atoms with Crippen LogP contribution in [0.4, 0.5) is 5.13 Å².